The average Bonchev–Trinajstić information content (AvgIpc) is 2.28. The van der Waals surface area contributed by atoms with Gasteiger partial charge in [0, 0.05) is 17.1 Å². The highest BCUT2D eigenvalue weighted by Crippen LogP contribution is 2.16. The second-order valence-corrected chi connectivity index (χ2v) is 4.80. The number of hydrogen-bond donors (Lipinski definition) is 2. The first-order valence-corrected chi connectivity index (χ1v) is 5.65. The Morgan fingerprint density at radius 1 is 1.31 bits per heavy atom. The van der Waals surface area contributed by atoms with Crippen molar-refractivity contribution in [2.45, 2.75) is 26.8 Å². The van der Waals surface area contributed by atoms with E-state index < -0.39 is 0 Å². The lowest BCUT2D eigenvalue weighted by atomic mass is 9.94. The molecule has 16 heavy (non-hydrogen) atoms. The van der Waals surface area contributed by atoms with Gasteiger partial charge in [0.2, 0.25) is 0 Å². The van der Waals surface area contributed by atoms with Gasteiger partial charge in [-0.15, -0.1) is 0 Å². The summed E-state index contributed by atoms with van der Waals surface area (Å²) in [5.41, 5.74) is 0.966. The number of anilines is 1. The molecule has 2 heteroatoms. The molecule has 2 nitrogen and oxygen atoms in total. The van der Waals surface area contributed by atoms with Gasteiger partial charge in [-0.1, -0.05) is 44.2 Å². The summed E-state index contributed by atoms with van der Waals surface area (Å²) in [6.45, 7) is 6.29. The molecule has 0 bridgehead atoms. The Morgan fingerprint density at radius 3 is 2.50 bits per heavy atom. The summed E-state index contributed by atoms with van der Waals surface area (Å²) in [6.07, 6.45) is 4.14. The van der Waals surface area contributed by atoms with Crippen LogP contribution >= 0.6 is 0 Å². The first-order valence-electron chi connectivity index (χ1n) is 5.65. The van der Waals surface area contributed by atoms with Crippen molar-refractivity contribution in [3.05, 3.63) is 42.5 Å². The molecule has 0 saturated carbocycles. The van der Waals surface area contributed by atoms with Crippen LogP contribution in [-0.4, -0.2) is 17.8 Å². The van der Waals surface area contributed by atoms with Crippen LogP contribution in [0.25, 0.3) is 0 Å². The van der Waals surface area contributed by atoms with E-state index in [1.807, 2.05) is 50.3 Å². The third-order valence-corrected chi connectivity index (χ3v) is 2.41. The van der Waals surface area contributed by atoms with Crippen molar-refractivity contribution in [2.24, 2.45) is 5.41 Å². The Bertz CT molecular complexity index is 330. The number of nitrogens with one attached hydrogen (secondary N) is 1. The molecule has 0 radical (unpaired) electrons. The van der Waals surface area contributed by atoms with Gasteiger partial charge in [0.25, 0.3) is 0 Å². The lowest BCUT2D eigenvalue weighted by Gasteiger charge is -2.18. The fourth-order valence-corrected chi connectivity index (χ4v) is 1.30. The van der Waals surface area contributed by atoms with Gasteiger partial charge in [0.05, 0.1) is 6.61 Å². The highest BCUT2D eigenvalue weighted by Gasteiger charge is 2.11. The van der Waals surface area contributed by atoms with E-state index in [0.717, 1.165) is 5.69 Å². The molecule has 0 fully saturated rings. The minimum absolute atomic E-state index is 0.146. The summed E-state index contributed by atoms with van der Waals surface area (Å²) in [4.78, 5) is 0. The van der Waals surface area contributed by atoms with Crippen molar-refractivity contribution >= 4 is 5.69 Å². The van der Waals surface area contributed by atoms with Gasteiger partial charge in [-0.25, -0.2) is 0 Å². The molecule has 0 amide bonds. The molecule has 1 unspecified atom stereocenters. The van der Waals surface area contributed by atoms with E-state index in [1.165, 1.54) is 0 Å². The van der Waals surface area contributed by atoms with Crippen LogP contribution in [0.5, 0.6) is 0 Å². The van der Waals surface area contributed by atoms with Gasteiger partial charge in [-0.2, -0.15) is 0 Å². The van der Waals surface area contributed by atoms with Crippen LogP contribution in [-0.2, 0) is 0 Å². The molecule has 0 aliphatic carbocycles. The molecule has 0 spiro atoms. The Morgan fingerprint density at radius 2 is 1.94 bits per heavy atom. The summed E-state index contributed by atoms with van der Waals surface area (Å²) in [5, 5.41) is 12.5. The predicted octanol–water partition coefficient (Wildman–Crippen LogP) is 3.06. The maximum Gasteiger partial charge on any atom is 0.0516 e. The Balaban J connectivity index is 2.51. The Kier molecular flexibility index (Phi) is 4.56. The SMILES string of the molecule is CC(C=CC(C)(C)CO)Nc1ccccc1. The minimum Gasteiger partial charge on any atom is -0.395 e. The molecule has 1 atom stereocenters. The number of benzene rings is 1. The van der Waals surface area contributed by atoms with Crippen molar-refractivity contribution in [3.8, 4) is 0 Å². The third-order valence-electron chi connectivity index (χ3n) is 2.41. The van der Waals surface area contributed by atoms with Gasteiger partial charge >= 0.3 is 0 Å². The van der Waals surface area contributed by atoms with Crippen LogP contribution in [0.15, 0.2) is 42.5 Å². The quantitative estimate of drug-likeness (QED) is 0.746. The molecule has 0 aliphatic heterocycles. The largest absolute Gasteiger partial charge is 0.395 e. The van der Waals surface area contributed by atoms with Crippen LogP contribution in [0.2, 0.25) is 0 Å². The molecule has 2 N–H and O–H groups in total. The number of aliphatic hydroxyl groups excluding tert-OH is 1. The van der Waals surface area contributed by atoms with E-state index in [0.29, 0.717) is 0 Å². The van der Waals surface area contributed by atoms with E-state index in [1.54, 1.807) is 0 Å². The fourth-order valence-electron chi connectivity index (χ4n) is 1.30. The summed E-state index contributed by atoms with van der Waals surface area (Å²) in [6, 6.07) is 10.4. The normalized spacial score (nSPS) is 14.0. The van der Waals surface area contributed by atoms with Crippen molar-refractivity contribution in [2.75, 3.05) is 11.9 Å². The predicted molar refractivity (Wildman–Crippen MR) is 69.5 cm³/mol. The zero-order chi connectivity index (χ0) is 12.0. The molecule has 1 rings (SSSR count). The number of aliphatic hydroxyl groups is 1. The highest BCUT2D eigenvalue weighted by atomic mass is 16.3. The van der Waals surface area contributed by atoms with Crippen LogP contribution in [0.3, 0.4) is 0 Å². The summed E-state index contributed by atoms with van der Waals surface area (Å²) in [7, 11) is 0. The number of hydrogen-bond acceptors (Lipinski definition) is 2. The highest BCUT2D eigenvalue weighted by molar-refractivity contribution is 5.44. The van der Waals surface area contributed by atoms with Crippen molar-refractivity contribution in [3.63, 3.8) is 0 Å². The second kappa shape index (κ2) is 5.71. The maximum atomic E-state index is 9.13. The van der Waals surface area contributed by atoms with Crippen LogP contribution in [0.4, 0.5) is 5.69 Å². The van der Waals surface area contributed by atoms with E-state index in [2.05, 4.69) is 18.3 Å². The first kappa shape index (κ1) is 12.8. The lowest BCUT2D eigenvalue weighted by molar-refractivity contribution is 0.199. The number of rotatable bonds is 5. The molecular weight excluding hydrogens is 198 g/mol. The van der Waals surface area contributed by atoms with E-state index in [-0.39, 0.29) is 18.1 Å². The topological polar surface area (TPSA) is 32.3 Å². The van der Waals surface area contributed by atoms with Gasteiger partial charge in [0.1, 0.15) is 0 Å². The molecule has 0 aliphatic rings. The molecule has 1 aromatic rings. The van der Waals surface area contributed by atoms with E-state index >= 15 is 0 Å². The van der Waals surface area contributed by atoms with Crippen molar-refractivity contribution in [1.29, 1.82) is 0 Å². The zero-order valence-electron chi connectivity index (χ0n) is 10.3. The summed E-state index contributed by atoms with van der Waals surface area (Å²) in [5.74, 6) is 0. The molecule has 0 aromatic heterocycles. The monoisotopic (exact) mass is 219 g/mol. The van der Waals surface area contributed by atoms with Gasteiger partial charge < -0.3 is 10.4 Å². The lowest BCUT2D eigenvalue weighted by Crippen LogP contribution is -2.16. The maximum absolute atomic E-state index is 9.13. The number of para-hydroxylation sites is 1. The van der Waals surface area contributed by atoms with Crippen molar-refractivity contribution < 1.29 is 5.11 Å². The van der Waals surface area contributed by atoms with Gasteiger partial charge in [0.15, 0.2) is 0 Å². The standard InChI is InChI=1S/C14H21NO/c1-12(9-10-14(2,3)11-16)15-13-7-5-4-6-8-13/h4-10,12,15-16H,11H2,1-3H3. The third kappa shape index (κ3) is 4.49. The Labute approximate surface area is 98.0 Å². The minimum atomic E-state index is -0.146. The summed E-state index contributed by atoms with van der Waals surface area (Å²) < 4.78 is 0. The molecule has 0 saturated heterocycles. The first-order chi connectivity index (χ1) is 7.53. The molecular formula is C14H21NO. The average molecular weight is 219 g/mol. The van der Waals surface area contributed by atoms with Gasteiger partial charge in [-0.3, -0.25) is 0 Å². The molecule has 88 valence electrons. The van der Waals surface area contributed by atoms with E-state index in [9.17, 15) is 0 Å². The van der Waals surface area contributed by atoms with Crippen molar-refractivity contribution in [1.82, 2.24) is 0 Å². The second-order valence-electron chi connectivity index (χ2n) is 4.80. The molecule has 1 aromatic carbocycles. The van der Waals surface area contributed by atoms with E-state index in [4.69, 9.17) is 5.11 Å². The Hall–Kier alpha value is -1.28. The van der Waals surface area contributed by atoms with Crippen LogP contribution in [0.1, 0.15) is 20.8 Å². The molecule has 0 heterocycles. The van der Waals surface area contributed by atoms with Gasteiger partial charge in [-0.05, 0) is 19.1 Å². The fraction of sp³-hybridized carbons (Fsp3) is 0.429. The summed E-state index contributed by atoms with van der Waals surface area (Å²) >= 11 is 0. The van der Waals surface area contributed by atoms with Crippen LogP contribution in [0, 0.1) is 5.41 Å². The smallest absolute Gasteiger partial charge is 0.0516 e. The zero-order valence-corrected chi connectivity index (χ0v) is 10.3. The van der Waals surface area contributed by atoms with Crippen LogP contribution < -0.4 is 5.32 Å².